The number of benzene rings is 1. The standard InChI is InChI=1S/C20H33N3O2/c1-3-25-16-6-4-15(5-7-16)23-12-10-14(11-13-23)19-18(24-2)9-8-17(21)20(19)22/h8-9,14-16H,3-7,10-13,21-22H2,1-2H3. The van der Waals surface area contributed by atoms with Crippen LogP contribution in [0.4, 0.5) is 11.4 Å². The Labute approximate surface area is 151 Å². The highest BCUT2D eigenvalue weighted by molar-refractivity contribution is 5.72. The van der Waals surface area contributed by atoms with Gasteiger partial charge in [0.2, 0.25) is 0 Å². The summed E-state index contributed by atoms with van der Waals surface area (Å²) < 4.78 is 11.3. The second-order valence-corrected chi connectivity index (χ2v) is 7.38. The summed E-state index contributed by atoms with van der Waals surface area (Å²) >= 11 is 0. The van der Waals surface area contributed by atoms with Crippen LogP contribution in [-0.2, 0) is 4.74 Å². The highest BCUT2D eigenvalue weighted by Crippen LogP contribution is 2.41. The first kappa shape index (κ1) is 18.3. The van der Waals surface area contributed by atoms with Crippen LogP contribution in [0.25, 0.3) is 0 Å². The van der Waals surface area contributed by atoms with Crippen molar-refractivity contribution in [1.82, 2.24) is 4.90 Å². The third-order valence-electron chi connectivity index (χ3n) is 6.00. The van der Waals surface area contributed by atoms with E-state index >= 15 is 0 Å². The number of piperidine rings is 1. The van der Waals surface area contributed by atoms with E-state index < -0.39 is 0 Å². The average molecular weight is 348 g/mol. The van der Waals surface area contributed by atoms with Gasteiger partial charge in [0.25, 0.3) is 0 Å². The van der Waals surface area contributed by atoms with Gasteiger partial charge in [0.1, 0.15) is 5.75 Å². The Morgan fingerprint density at radius 2 is 1.72 bits per heavy atom. The fourth-order valence-electron chi connectivity index (χ4n) is 4.60. The van der Waals surface area contributed by atoms with Crippen LogP contribution >= 0.6 is 0 Å². The van der Waals surface area contributed by atoms with E-state index in [0.717, 1.165) is 49.9 Å². The minimum atomic E-state index is 0.439. The van der Waals surface area contributed by atoms with E-state index in [0.29, 0.717) is 23.4 Å². The number of hydrogen-bond donors (Lipinski definition) is 2. The number of hydrogen-bond acceptors (Lipinski definition) is 5. The summed E-state index contributed by atoms with van der Waals surface area (Å²) in [6.07, 6.45) is 7.65. The molecule has 0 amide bonds. The molecule has 140 valence electrons. The van der Waals surface area contributed by atoms with Gasteiger partial charge in [-0.3, -0.25) is 0 Å². The molecule has 1 saturated heterocycles. The highest BCUT2D eigenvalue weighted by Gasteiger charge is 2.31. The maximum atomic E-state index is 6.28. The molecular formula is C20H33N3O2. The highest BCUT2D eigenvalue weighted by atomic mass is 16.5. The molecule has 1 aliphatic carbocycles. The Morgan fingerprint density at radius 1 is 1.04 bits per heavy atom. The molecule has 0 bridgehead atoms. The third-order valence-corrected chi connectivity index (χ3v) is 6.00. The lowest BCUT2D eigenvalue weighted by Gasteiger charge is -2.41. The summed E-state index contributed by atoms with van der Waals surface area (Å²) in [4.78, 5) is 2.67. The van der Waals surface area contributed by atoms with Gasteiger partial charge in [-0.25, -0.2) is 0 Å². The predicted octanol–water partition coefficient (Wildman–Crippen LogP) is 3.39. The van der Waals surface area contributed by atoms with Crippen LogP contribution in [0.2, 0.25) is 0 Å². The number of nitrogen functional groups attached to an aromatic ring is 2. The number of ether oxygens (including phenoxy) is 2. The van der Waals surface area contributed by atoms with Crippen LogP contribution in [0.3, 0.4) is 0 Å². The van der Waals surface area contributed by atoms with Crippen LogP contribution in [0.5, 0.6) is 5.75 Å². The Kier molecular flexibility index (Phi) is 6.07. The van der Waals surface area contributed by atoms with Crippen molar-refractivity contribution < 1.29 is 9.47 Å². The number of methoxy groups -OCH3 is 1. The van der Waals surface area contributed by atoms with E-state index in [-0.39, 0.29) is 0 Å². The summed E-state index contributed by atoms with van der Waals surface area (Å²) in [6.45, 7) is 5.19. The van der Waals surface area contributed by atoms with Gasteiger partial charge in [0.15, 0.2) is 0 Å². The fraction of sp³-hybridized carbons (Fsp3) is 0.700. The number of rotatable bonds is 5. The molecule has 0 unspecified atom stereocenters. The lowest BCUT2D eigenvalue weighted by molar-refractivity contribution is 0.00943. The zero-order chi connectivity index (χ0) is 17.8. The fourth-order valence-corrected chi connectivity index (χ4v) is 4.60. The largest absolute Gasteiger partial charge is 0.496 e. The Bertz CT molecular complexity index is 562. The van der Waals surface area contributed by atoms with Crippen LogP contribution in [0, 0.1) is 0 Å². The van der Waals surface area contributed by atoms with E-state index in [1.54, 1.807) is 7.11 Å². The van der Waals surface area contributed by atoms with Crippen molar-refractivity contribution >= 4 is 11.4 Å². The lowest BCUT2D eigenvalue weighted by Crippen LogP contribution is -2.43. The second kappa shape index (κ2) is 8.28. The molecule has 0 atom stereocenters. The van der Waals surface area contributed by atoms with Crippen LogP contribution in [0.1, 0.15) is 56.9 Å². The van der Waals surface area contributed by atoms with E-state index in [9.17, 15) is 0 Å². The van der Waals surface area contributed by atoms with Crippen molar-refractivity contribution in [2.24, 2.45) is 0 Å². The van der Waals surface area contributed by atoms with Crippen molar-refractivity contribution in [1.29, 1.82) is 0 Å². The molecule has 2 aliphatic rings. The van der Waals surface area contributed by atoms with E-state index in [2.05, 4.69) is 11.8 Å². The molecule has 1 aromatic carbocycles. The molecule has 1 saturated carbocycles. The molecule has 3 rings (SSSR count). The molecule has 5 heteroatoms. The van der Waals surface area contributed by atoms with Crippen molar-refractivity contribution in [2.45, 2.75) is 63.5 Å². The van der Waals surface area contributed by atoms with Crippen molar-refractivity contribution in [3.63, 3.8) is 0 Å². The molecule has 5 nitrogen and oxygen atoms in total. The topological polar surface area (TPSA) is 73.7 Å². The van der Waals surface area contributed by atoms with Gasteiger partial charge in [0.05, 0.1) is 24.6 Å². The van der Waals surface area contributed by atoms with Gasteiger partial charge in [-0.2, -0.15) is 0 Å². The van der Waals surface area contributed by atoms with E-state index in [1.807, 2.05) is 12.1 Å². The maximum absolute atomic E-state index is 6.28. The molecule has 0 spiro atoms. The van der Waals surface area contributed by atoms with E-state index in [1.165, 1.54) is 25.7 Å². The third kappa shape index (κ3) is 4.04. The molecule has 1 heterocycles. The summed E-state index contributed by atoms with van der Waals surface area (Å²) in [7, 11) is 1.71. The molecule has 0 aromatic heterocycles. The number of anilines is 2. The van der Waals surface area contributed by atoms with Crippen molar-refractivity contribution in [2.75, 3.05) is 38.3 Å². The second-order valence-electron chi connectivity index (χ2n) is 7.38. The normalized spacial score (nSPS) is 25.8. The quantitative estimate of drug-likeness (QED) is 0.799. The zero-order valence-corrected chi connectivity index (χ0v) is 15.7. The van der Waals surface area contributed by atoms with Crippen LogP contribution in [-0.4, -0.2) is 43.9 Å². The monoisotopic (exact) mass is 347 g/mol. The first-order valence-corrected chi connectivity index (χ1v) is 9.71. The minimum Gasteiger partial charge on any atom is -0.496 e. The van der Waals surface area contributed by atoms with Gasteiger partial charge < -0.3 is 25.8 Å². The Morgan fingerprint density at radius 3 is 2.32 bits per heavy atom. The number of likely N-dealkylation sites (tertiary alicyclic amines) is 1. The average Bonchev–Trinajstić information content (AvgIpc) is 2.65. The van der Waals surface area contributed by atoms with Crippen molar-refractivity contribution in [3.05, 3.63) is 17.7 Å². The molecular weight excluding hydrogens is 314 g/mol. The van der Waals surface area contributed by atoms with Gasteiger partial charge in [-0.1, -0.05) is 0 Å². The van der Waals surface area contributed by atoms with Crippen LogP contribution < -0.4 is 16.2 Å². The summed E-state index contributed by atoms with van der Waals surface area (Å²) in [5.41, 5.74) is 14.8. The Hall–Kier alpha value is -1.46. The van der Waals surface area contributed by atoms with E-state index in [4.69, 9.17) is 20.9 Å². The first-order chi connectivity index (χ1) is 12.1. The van der Waals surface area contributed by atoms with Crippen LogP contribution in [0.15, 0.2) is 12.1 Å². The lowest BCUT2D eigenvalue weighted by atomic mass is 9.85. The Balaban J connectivity index is 1.59. The summed E-state index contributed by atoms with van der Waals surface area (Å²) in [5, 5.41) is 0. The minimum absolute atomic E-state index is 0.439. The maximum Gasteiger partial charge on any atom is 0.124 e. The molecule has 4 N–H and O–H groups in total. The zero-order valence-electron chi connectivity index (χ0n) is 15.7. The smallest absolute Gasteiger partial charge is 0.124 e. The van der Waals surface area contributed by atoms with Gasteiger partial charge in [0, 0.05) is 18.2 Å². The SMILES string of the molecule is CCOC1CCC(N2CCC(c3c(OC)ccc(N)c3N)CC2)CC1. The molecule has 1 aliphatic heterocycles. The first-order valence-electron chi connectivity index (χ1n) is 9.71. The number of nitrogens with two attached hydrogens (primary N) is 2. The van der Waals surface area contributed by atoms with Gasteiger partial charge >= 0.3 is 0 Å². The van der Waals surface area contributed by atoms with Gasteiger partial charge in [-0.15, -0.1) is 0 Å². The molecule has 2 fully saturated rings. The molecule has 0 radical (unpaired) electrons. The van der Waals surface area contributed by atoms with Gasteiger partial charge in [-0.05, 0) is 76.6 Å². The summed E-state index contributed by atoms with van der Waals surface area (Å²) in [5.74, 6) is 1.32. The van der Waals surface area contributed by atoms with Crippen molar-refractivity contribution in [3.8, 4) is 5.75 Å². The number of nitrogens with zero attached hydrogens (tertiary/aromatic N) is 1. The summed E-state index contributed by atoms with van der Waals surface area (Å²) in [6, 6.07) is 4.50. The predicted molar refractivity (Wildman–Crippen MR) is 103 cm³/mol. The molecule has 25 heavy (non-hydrogen) atoms. The molecule has 1 aromatic rings.